The molecule has 1 atom stereocenters. The number of hydrogen-bond donors (Lipinski definition) is 0. The van der Waals surface area contributed by atoms with E-state index in [1.807, 2.05) is 20.8 Å². The molecule has 0 amide bonds. The minimum Gasteiger partial charge on any atom is -0.458 e. The van der Waals surface area contributed by atoms with Crippen LogP contribution in [0.25, 0.3) is 0 Å². The molecule has 0 bridgehead atoms. The summed E-state index contributed by atoms with van der Waals surface area (Å²) in [5, 5.41) is 0. The quantitative estimate of drug-likeness (QED) is 0.567. The first kappa shape index (κ1) is 14.8. The largest absolute Gasteiger partial charge is 0.458 e. The number of likely N-dealkylation sites (tertiary alicyclic amines) is 1. The Kier molecular flexibility index (Phi) is 5.03. The Bertz CT molecular complexity index is 348. The van der Waals surface area contributed by atoms with Gasteiger partial charge in [0.25, 0.3) is 0 Å². The molecule has 1 saturated heterocycles. The molecule has 3 nitrogen and oxygen atoms in total. The molecular weight excluding hydrogens is 226 g/mol. The Hall–Kier alpha value is -1.21. The number of rotatable bonds is 4. The zero-order chi connectivity index (χ0) is 13.8. The summed E-state index contributed by atoms with van der Waals surface area (Å²) in [7, 11) is 0. The lowest BCUT2D eigenvalue weighted by molar-refractivity contribution is -0.159. The maximum absolute atomic E-state index is 12.2. The third-order valence-corrected chi connectivity index (χ3v) is 2.97. The van der Waals surface area contributed by atoms with Crippen molar-refractivity contribution in [3.05, 3.63) is 18.0 Å². The van der Waals surface area contributed by atoms with E-state index >= 15 is 0 Å². The van der Waals surface area contributed by atoms with Gasteiger partial charge in [-0.2, -0.15) is 0 Å². The highest BCUT2D eigenvalue weighted by Gasteiger charge is 2.34. The standard InChI is InChI=1S/C15H25NO2/c1-6-9-12(7-2)16-11-8-10-13(16)14(17)18-15(3,4)5/h13H,2,6,8-11H2,1,3-5H3/t13-/m0/s1. The van der Waals surface area contributed by atoms with Crippen molar-refractivity contribution in [3.63, 3.8) is 0 Å². The van der Waals surface area contributed by atoms with E-state index in [-0.39, 0.29) is 12.0 Å². The molecule has 0 radical (unpaired) electrons. The van der Waals surface area contributed by atoms with Crippen LogP contribution in [0.5, 0.6) is 0 Å². The summed E-state index contributed by atoms with van der Waals surface area (Å²) < 4.78 is 5.48. The van der Waals surface area contributed by atoms with E-state index in [9.17, 15) is 4.79 Å². The highest BCUT2D eigenvalue weighted by atomic mass is 16.6. The van der Waals surface area contributed by atoms with E-state index in [0.29, 0.717) is 0 Å². The second-order valence-corrected chi connectivity index (χ2v) is 5.76. The smallest absolute Gasteiger partial charge is 0.329 e. The number of ether oxygens (including phenoxy) is 1. The monoisotopic (exact) mass is 251 g/mol. The Morgan fingerprint density at radius 2 is 2.17 bits per heavy atom. The fourth-order valence-corrected chi connectivity index (χ4v) is 2.27. The van der Waals surface area contributed by atoms with Gasteiger partial charge in [0, 0.05) is 6.54 Å². The van der Waals surface area contributed by atoms with Crippen LogP contribution in [0.15, 0.2) is 18.0 Å². The van der Waals surface area contributed by atoms with Crippen LogP contribution in [-0.2, 0) is 9.53 Å². The molecule has 1 rings (SSSR count). The molecule has 1 heterocycles. The van der Waals surface area contributed by atoms with Gasteiger partial charge in [-0.05, 0) is 40.0 Å². The van der Waals surface area contributed by atoms with E-state index in [0.717, 1.165) is 37.9 Å². The molecule has 1 fully saturated rings. The van der Waals surface area contributed by atoms with E-state index in [4.69, 9.17) is 4.74 Å². The van der Waals surface area contributed by atoms with Crippen LogP contribution in [0, 0.1) is 0 Å². The van der Waals surface area contributed by atoms with E-state index in [1.165, 1.54) is 0 Å². The average molecular weight is 251 g/mol. The van der Waals surface area contributed by atoms with Crippen LogP contribution >= 0.6 is 0 Å². The van der Waals surface area contributed by atoms with Gasteiger partial charge < -0.3 is 9.64 Å². The first-order valence-electron chi connectivity index (χ1n) is 6.77. The number of allylic oxidation sites excluding steroid dienone is 1. The predicted octanol–water partition coefficient (Wildman–Crippen LogP) is 3.26. The number of carbonyl (C=O) groups excluding carboxylic acids is 1. The van der Waals surface area contributed by atoms with Gasteiger partial charge >= 0.3 is 5.97 Å². The SMILES string of the molecule is C=C=C(CCC)N1CCC[C@H]1C(=O)OC(C)(C)C. The van der Waals surface area contributed by atoms with Crippen molar-refractivity contribution < 1.29 is 9.53 Å². The molecule has 0 aromatic heterocycles. The summed E-state index contributed by atoms with van der Waals surface area (Å²) in [6.07, 6.45) is 3.85. The van der Waals surface area contributed by atoms with Crippen LogP contribution in [0.1, 0.15) is 53.4 Å². The summed E-state index contributed by atoms with van der Waals surface area (Å²) in [6.45, 7) is 12.5. The first-order chi connectivity index (χ1) is 8.39. The van der Waals surface area contributed by atoms with Crippen molar-refractivity contribution in [2.75, 3.05) is 6.54 Å². The van der Waals surface area contributed by atoms with Gasteiger partial charge in [0.15, 0.2) is 0 Å². The van der Waals surface area contributed by atoms with Crippen LogP contribution in [0.4, 0.5) is 0 Å². The highest BCUT2D eigenvalue weighted by molar-refractivity contribution is 5.77. The van der Waals surface area contributed by atoms with E-state index in [1.54, 1.807) is 0 Å². The minimum atomic E-state index is -0.422. The van der Waals surface area contributed by atoms with Crippen molar-refractivity contribution in [1.82, 2.24) is 4.90 Å². The van der Waals surface area contributed by atoms with Crippen LogP contribution in [0.2, 0.25) is 0 Å². The Labute approximate surface area is 110 Å². The molecule has 0 aromatic carbocycles. The molecule has 0 aliphatic carbocycles. The molecule has 1 aliphatic heterocycles. The van der Waals surface area contributed by atoms with Crippen molar-refractivity contribution in [1.29, 1.82) is 0 Å². The number of esters is 1. The van der Waals surface area contributed by atoms with Gasteiger partial charge in [-0.25, -0.2) is 4.79 Å². The topological polar surface area (TPSA) is 29.5 Å². The summed E-state index contributed by atoms with van der Waals surface area (Å²) in [5.74, 6) is -0.121. The fraction of sp³-hybridized carbons (Fsp3) is 0.733. The lowest BCUT2D eigenvalue weighted by Crippen LogP contribution is -2.39. The van der Waals surface area contributed by atoms with Crippen molar-refractivity contribution in [3.8, 4) is 0 Å². The number of nitrogens with zero attached hydrogens (tertiary/aromatic N) is 1. The number of hydrogen-bond acceptors (Lipinski definition) is 3. The van der Waals surface area contributed by atoms with E-state index < -0.39 is 5.60 Å². The lowest BCUT2D eigenvalue weighted by atomic mass is 10.1. The fourth-order valence-electron chi connectivity index (χ4n) is 2.27. The molecule has 0 aromatic rings. The van der Waals surface area contributed by atoms with Crippen molar-refractivity contribution in [2.45, 2.75) is 65.0 Å². The van der Waals surface area contributed by atoms with Crippen LogP contribution < -0.4 is 0 Å². The molecule has 3 heteroatoms. The second kappa shape index (κ2) is 6.10. The van der Waals surface area contributed by atoms with Gasteiger partial charge in [0.05, 0.1) is 5.70 Å². The Morgan fingerprint density at radius 1 is 1.50 bits per heavy atom. The first-order valence-corrected chi connectivity index (χ1v) is 6.77. The third kappa shape index (κ3) is 3.92. The summed E-state index contributed by atoms with van der Waals surface area (Å²) in [5.41, 5.74) is 3.60. The molecule has 0 unspecified atom stereocenters. The summed E-state index contributed by atoms with van der Waals surface area (Å²) in [4.78, 5) is 14.3. The predicted molar refractivity (Wildman–Crippen MR) is 73.1 cm³/mol. The van der Waals surface area contributed by atoms with Gasteiger partial charge in [-0.15, -0.1) is 5.73 Å². The van der Waals surface area contributed by atoms with Gasteiger partial charge in [0.2, 0.25) is 0 Å². The zero-order valence-electron chi connectivity index (χ0n) is 12.1. The van der Waals surface area contributed by atoms with Crippen LogP contribution in [0.3, 0.4) is 0 Å². The molecular formula is C15H25NO2. The average Bonchev–Trinajstić information content (AvgIpc) is 2.72. The normalized spacial score (nSPS) is 19.6. The lowest BCUT2D eigenvalue weighted by Gasteiger charge is -2.29. The van der Waals surface area contributed by atoms with Gasteiger partial charge in [-0.1, -0.05) is 19.9 Å². The van der Waals surface area contributed by atoms with Gasteiger partial charge in [-0.3, -0.25) is 0 Å². The molecule has 1 aliphatic rings. The Balaban J connectivity index is 2.76. The maximum atomic E-state index is 12.2. The van der Waals surface area contributed by atoms with Gasteiger partial charge in [0.1, 0.15) is 11.6 Å². The van der Waals surface area contributed by atoms with Crippen molar-refractivity contribution >= 4 is 5.97 Å². The Morgan fingerprint density at radius 3 is 2.67 bits per heavy atom. The zero-order valence-corrected chi connectivity index (χ0v) is 12.1. The highest BCUT2D eigenvalue weighted by Crippen LogP contribution is 2.26. The third-order valence-electron chi connectivity index (χ3n) is 2.97. The molecule has 18 heavy (non-hydrogen) atoms. The van der Waals surface area contributed by atoms with E-state index in [2.05, 4.69) is 24.1 Å². The number of carbonyl (C=O) groups is 1. The summed E-state index contributed by atoms with van der Waals surface area (Å²) in [6, 6.07) is -0.153. The summed E-state index contributed by atoms with van der Waals surface area (Å²) >= 11 is 0. The molecule has 0 spiro atoms. The minimum absolute atomic E-state index is 0.121. The molecule has 102 valence electrons. The van der Waals surface area contributed by atoms with Crippen molar-refractivity contribution in [2.24, 2.45) is 0 Å². The second-order valence-electron chi connectivity index (χ2n) is 5.76. The molecule has 0 N–H and O–H groups in total. The molecule has 0 saturated carbocycles. The maximum Gasteiger partial charge on any atom is 0.329 e. The van der Waals surface area contributed by atoms with Crippen LogP contribution in [-0.4, -0.2) is 29.1 Å².